The maximum atomic E-state index is 6.64. The van der Waals surface area contributed by atoms with Crippen molar-refractivity contribution in [2.24, 2.45) is 0 Å². The van der Waals surface area contributed by atoms with Gasteiger partial charge in [0.25, 0.3) is 0 Å². The van der Waals surface area contributed by atoms with Crippen molar-refractivity contribution >= 4 is 76.2 Å². The standard InChI is InChI=1S/C52H31N3O.C3H8/c1-3-15-36-32(12-1)14-9-19-37(36)34-26-28-35(29-27-34)48-45-18-5-7-24-46(45)53-52(54-48)55-49-38-16-4-2-13-33(38)30-31-42(49)40-20-10-21-41(50(40)55)44-23-11-22-43-39-17-6-8-25-47(39)56-51(43)44;1-3-2/h1-31H;3H2,1-2H3. The molecule has 4 heteroatoms. The van der Waals surface area contributed by atoms with Gasteiger partial charge in [-0.2, -0.15) is 0 Å². The summed E-state index contributed by atoms with van der Waals surface area (Å²) in [6.45, 7) is 4.25. The van der Waals surface area contributed by atoms with Gasteiger partial charge in [0.1, 0.15) is 11.2 Å². The molecular formula is C55H39N3O. The summed E-state index contributed by atoms with van der Waals surface area (Å²) in [5.41, 5.74) is 11.2. The van der Waals surface area contributed by atoms with Crippen molar-refractivity contribution < 1.29 is 4.42 Å². The van der Waals surface area contributed by atoms with Gasteiger partial charge in [0, 0.05) is 49.0 Å². The van der Waals surface area contributed by atoms with Crippen LogP contribution < -0.4 is 0 Å². The molecule has 9 aromatic carbocycles. The number of furan rings is 1. The Morgan fingerprint density at radius 2 is 0.966 bits per heavy atom. The summed E-state index contributed by atoms with van der Waals surface area (Å²) in [5, 5.41) is 10.3. The number of benzene rings is 9. The molecule has 12 aromatic rings. The molecular weight excluding hydrogens is 719 g/mol. The summed E-state index contributed by atoms with van der Waals surface area (Å²) in [4.78, 5) is 10.9. The van der Waals surface area contributed by atoms with Gasteiger partial charge in [0.2, 0.25) is 5.95 Å². The first kappa shape index (κ1) is 34.7. The van der Waals surface area contributed by atoms with Crippen molar-refractivity contribution in [3.05, 3.63) is 188 Å². The van der Waals surface area contributed by atoms with E-state index in [-0.39, 0.29) is 0 Å². The predicted molar refractivity (Wildman–Crippen MR) is 248 cm³/mol. The molecule has 0 unspecified atom stereocenters. The largest absolute Gasteiger partial charge is 0.455 e. The van der Waals surface area contributed by atoms with Gasteiger partial charge in [-0.1, -0.05) is 196 Å². The van der Waals surface area contributed by atoms with Crippen LogP contribution in [0.25, 0.3) is 116 Å². The van der Waals surface area contributed by atoms with Crippen LogP contribution >= 0.6 is 0 Å². The number of nitrogens with zero attached hydrogens (tertiary/aromatic N) is 3. The normalized spacial score (nSPS) is 11.6. The molecule has 12 rings (SSSR count). The summed E-state index contributed by atoms with van der Waals surface area (Å²) in [7, 11) is 0. The number of hydrogen-bond donors (Lipinski definition) is 0. The van der Waals surface area contributed by atoms with E-state index in [0.717, 1.165) is 87.8 Å². The Hall–Kier alpha value is -7.56. The number of fused-ring (bicyclic) bond motifs is 10. The Morgan fingerprint density at radius 3 is 1.78 bits per heavy atom. The number of aromatic nitrogens is 3. The van der Waals surface area contributed by atoms with Crippen LogP contribution in [0.1, 0.15) is 20.3 Å². The Morgan fingerprint density at radius 1 is 0.407 bits per heavy atom. The zero-order valence-electron chi connectivity index (χ0n) is 32.9. The summed E-state index contributed by atoms with van der Waals surface area (Å²) in [5.74, 6) is 0.623. The van der Waals surface area contributed by atoms with Crippen molar-refractivity contribution in [2.75, 3.05) is 0 Å². The Kier molecular flexibility index (Phi) is 8.30. The fourth-order valence-corrected chi connectivity index (χ4v) is 8.87. The van der Waals surface area contributed by atoms with Gasteiger partial charge in [0.15, 0.2) is 0 Å². The molecule has 0 N–H and O–H groups in total. The first-order valence-electron chi connectivity index (χ1n) is 20.4. The maximum absolute atomic E-state index is 6.64. The lowest BCUT2D eigenvalue weighted by Crippen LogP contribution is -2.04. The SMILES string of the molecule is CCC.c1ccc2c(-c3ccc(-c4nc(-n5c6c(-c7cccc8c7oc7ccccc78)cccc6c6ccc7ccccc7c65)nc5ccccc45)cc3)cccc2c1. The van der Waals surface area contributed by atoms with Crippen molar-refractivity contribution in [3.8, 4) is 39.5 Å². The maximum Gasteiger partial charge on any atom is 0.235 e. The quantitative estimate of drug-likeness (QED) is 0.180. The highest BCUT2D eigenvalue weighted by atomic mass is 16.3. The molecule has 0 aliphatic heterocycles. The minimum absolute atomic E-state index is 0.623. The first-order chi connectivity index (χ1) is 29.2. The van der Waals surface area contributed by atoms with Crippen LogP contribution in [0.3, 0.4) is 0 Å². The molecule has 280 valence electrons. The van der Waals surface area contributed by atoms with Gasteiger partial charge >= 0.3 is 0 Å². The molecule has 0 aliphatic rings. The van der Waals surface area contributed by atoms with Crippen molar-refractivity contribution in [3.63, 3.8) is 0 Å². The van der Waals surface area contributed by atoms with Gasteiger partial charge in [0.05, 0.1) is 22.2 Å². The van der Waals surface area contributed by atoms with Gasteiger partial charge in [-0.25, -0.2) is 9.97 Å². The molecule has 3 aromatic heterocycles. The molecule has 4 nitrogen and oxygen atoms in total. The number of para-hydroxylation sites is 4. The zero-order chi connectivity index (χ0) is 39.5. The monoisotopic (exact) mass is 757 g/mol. The van der Waals surface area contributed by atoms with Crippen LogP contribution in [0, 0.1) is 0 Å². The van der Waals surface area contributed by atoms with E-state index in [2.05, 4.69) is 194 Å². The van der Waals surface area contributed by atoms with Crippen molar-refractivity contribution in [1.82, 2.24) is 14.5 Å². The third kappa shape index (κ3) is 5.60. The van der Waals surface area contributed by atoms with Crippen LogP contribution in [0.15, 0.2) is 192 Å². The number of hydrogen-bond acceptors (Lipinski definition) is 3. The molecule has 0 saturated carbocycles. The molecule has 59 heavy (non-hydrogen) atoms. The lowest BCUT2D eigenvalue weighted by molar-refractivity contribution is 0.670. The Balaban J connectivity index is 0.00000129. The molecule has 0 amide bonds. The molecule has 0 fully saturated rings. The van der Waals surface area contributed by atoms with Crippen LogP contribution in [-0.2, 0) is 0 Å². The fraction of sp³-hybridized carbons (Fsp3) is 0.0545. The van der Waals surface area contributed by atoms with Crippen molar-refractivity contribution in [1.29, 1.82) is 0 Å². The molecule has 0 saturated heterocycles. The van der Waals surface area contributed by atoms with E-state index in [0.29, 0.717) is 5.95 Å². The van der Waals surface area contributed by atoms with Crippen LogP contribution in [-0.4, -0.2) is 14.5 Å². The summed E-state index contributed by atoms with van der Waals surface area (Å²) >= 11 is 0. The summed E-state index contributed by atoms with van der Waals surface area (Å²) < 4.78 is 8.93. The highest BCUT2D eigenvalue weighted by molar-refractivity contribution is 6.22. The fourth-order valence-electron chi connectivity index (χ4n) is 8.87. The lowest BCUT2D eigenvalue weighted by Gasteiger charge is -2.15. The highest BCUT2D eigenvalue weighted by Gasteiger charge is 2.23. The third-order valence-corrected chi connectivity index (χ3v) is 11.4. The second-order valence-corrected chi connectivity index (χ2v) is 15.2. The molecule has 0 spiro atoms. The predicted octanol–water partition coefficient (Wildman–Crippen LogP) is 15.3. The van der Waals surface area contributed by atoms with Crippen molar-refractivity contribution in [2.45, 2.75) is 20.3 Å². The average molecular weight is 758 g/mol. The van der Waals surface area contributed by atoms with Crippen LogP contribution in [0.5, 0.6) is 0 Å². The third-order valence-electron chi connectivity index (χ3n) is 11.4. The first-order valence-corrected chi connectivity index (χ1v) is 20.4. The second-order valence-electron chi connectivity index (χ2n) is 15.2. The Labute approximate surface area is 341 Å². The summed E-state index contributed by atoms with van der Waals surface area (Å²) in [6.07, 6.45) is 1.25. The summed E-state index contributed by atoms with van der Waals surface area (Å²) in [6, 6.07) is 66.6. The highest BCUT2D eigenvalue weighted by Crippen LogP contribution is 2.44. The Bertz CT molecular complexity index is 3550. The van der Waals surface area contributed by atoms with E-state index in [1.807, 2.05) is 12.1 Å². The van der Waals surface area contributed by atoms with E-state index < -0.39 is 0 Å². The van der Waals surface area contributed by atoms with E-state index >= 15 is 0 Å². The molecule has 0 atom stereocenters. The minimum Gasteiger partial charge on any atom is -0.455 e. The molecule has 0 radical (unpaired) electrons. The average Bonchev–Trinajstić information content (AvgIpc) is 3.85. The van der Waals surface area contributed by atoms with Gasteiger partial charge < -0.3 is 4.42 Å². The number of rotatable bonds is 4. The van der Waals surface area contributed by atoms with E-state index in [1.54, 1.807) is 0 Å². The van der Waals surface area contributed by atoms with Gasteiger partial charge in [-0.3, -0.25) is 4.57 Å². The molecule has 0 bridgehead atoms. The van der Waals surface area contributed by atoms with Crippen LogP contribution in [0.4, 0.5) is 0 Å². The van der Waals surface area contributed by atoms with Gasteiger partial charge in [-0.15, -0.1) is 0 Å². The molecule has 3 heterocycles. The smallest absolute Gasteiger partial charge is 0.235 e. The van der Waals surface area contributed by atoms with Crippen LogP contribution in [0.2, 0.25) is 0 Å². The zero-order valence-corrected chi connectivity index (χ0v) is 32.9. The lowest BCUT2D eigenvalue weighted by atomic mass is 9.96. The topological polar surface area (TPSA) is 43.9 Å². The van der Waals surface area contributed by atoms with E-state index in [1.165, 1.54) is 28.3 Å². The van der Waals surface area contributed by atoms with E-state index in [9.17, 15) is 0 Å². The minimum atomic E-state index is 0.623. The van der Waals surface area contributed by atoms with E-state index in [4.69, 9.17) is 14.4 Å². The second kappa shape index (κ2) is 14.1. The van der Waals surface area contributed by atoms with Gasteiger partial charge in [-0.05, 0) is 39.4 Å². The molecule has 0 aliphatic carbocycles.